The first-order valence-electron chi connectivity index (χ1n) is 15.6. The molecule has 1 heterocycles. The van der Waals surface area contributed by atoms with E-state index in [-0.39, 0.29) is 24.9 Å². The number of fused-ring (bicyclic) bond motifs is 1. The lowest BCUT2D eigenvalue weighted by molar-refractivity contribution is -0.151. The molecule has 4 aromatic rings. The number of carbonyl (C=O) groups is 4. The lowest BCUT2D eigenvalue weighted by atomic mass is 9.89. The Balaban J connectivity index is 1.36. The standard InChI is InChI=1S/C37H37N3O8/c1-24(2)34(39-35(44)29-19-11-13-25-12-9-10-18-28(25)29)31-21-37(48-40-31,23-47-27-16-7-4-8-17-27)36(45)38-30(20-33(42)43)32(41)22-46-26-14-5-3-6-15-26/h3-19,24,30,34H,20-23H2,1-2H3,(H,38,45)(H,39,44)(H,42,43)/t30-,34?,37?/m0/s1. The van der Waals surface area contributed by atoms with Crippen molar-refractivity contribution in [2.75, 3.05) is 13.2 Å². The highest BCUT2D eigenvalue weighted by Gasteiger charge is 2.50. The summed E-state index contributed by atoms with van der Waals surface area (Å²) in [5, 5.41) is 21.2. The monoisotopic (exact) mass is 651 g/mol. The number of carbonyl (C=O) groups excluding carboxylic acids is 3. The number of nitrogens with zero attached hydrogens (tertiary/aromatic N) is 1. The molecule has 48 heavy (non-hydrogen) atoms. The second kappa shape index (κ2) is 15.3. The molecule has 0 saturated carbocycles. The molecule has 0 saturated heterocycles. The van der Waals surface area contributed by atoms with Crippen LogP contribution in [0.4, 0.5) is 0 Å². The Hall–Kier alpha value is -5.71. The molecule has 3 atom stereocenters. The number of para-hydroxylation sites is 2. The van der Waals surface area contributed by atoms with Crippen molar-refractivity contribution in [2.45, 2.75) is 44.4 Å². The summed E-state index contributed by atoms with van der Waals surface area (Å²) >= 11 is 0. The van der Waals surface area contributed by atoms with Crippen molar-refractivity contribution in [3.63, 3.8) is 0 Å². The SMILES string of the molecule is CC(C)C(NC(=O)c1cccc2ccccc12)C1=NOC(COc2ccccc2)(C(=O)N[C@@H](CC(=O)O)C(=O)COc2ccccc2)C1. The third kappa shape index (κ3) is 8.16. The van der Waals surface area contributed by atoms with Crippen LogP contribution in [0.5, 0.6) is 11.5 Å². The first-order chi connectivity index (χ1) is 23.1. The molecule has 0 aliphatic carbocycles. The quantitative estimate of drug-likeness (QED) is 0.166. The van der Waals surface area contributed by atoms with Gasteiger partial charge in [0.05, 0.1) is 18.2 Å². The number of Topliss-reactive ketones (excluding diaryl/α,β-unsaturated/α-hetero) is 1. The highest BCUT2D eigenvalue weighted by Crippen LogP contribution is 2.30. The first kappa shape index (κ1) is 33.6. The fraction of sp³-hybridized carbons (Fsp3) is 0.270. The zero-order chi connectivity index (χ0) is 34.1. The Morgan fingerprint density at radius 2 is 1.46 bits per heavy atom. The van der Waals surface area contributed by atoms with Gasteiger partial charge in [-0.1, -0.05) is 91.8 Å². The molecule has 11 heteroatoms. The summed E-state index contributed by atoms with van der Waals surface area (Å²) in [6.07, 6.45) is -0.777. The topological polar surface area (TPSA) is 153 Å². The fourth-order valence-electron chi connectivity index (χ4n) is 5.41. The van der Waals surface area contributed by atoms with Crippen LogP contribution in [0.25, 0.3) is 10.8 Å². The van der Waals surface area contributed by atoms with Crippen LogP contribution in [-0.4, -0.2) is 65.3 Å². The van der Waals surface area contributed by atoms with Gasteiger partial charge in [0.25, 0.3) is 17.4 Å². The van der Waals surface area contributed by atoms with E-state index in [9.17, 15) is 24.3 Å². The molecule has 0 spiro atoms. The number of aliphatic carboxylic acids is 1. The van der Waals surface area contributed by atoms with E-state index in [0.717, 1.165) is 10.8 Å². The van der Waals surface area contributed by atoms with Gasteiger partial charge < -0.3 is 30.1 Å². The second-order valence-corrected chi connectivity index (χ2v) is 11.9. The summed E-state index contributed by atoms with van der Waals surface area (Å²) in [6, 6.07) is 28.3. The molecule has 0 fully saturated rings. The molecule has 1 aliphatic rings. The van der Waals surface area contributed by atoms with Crippen LogP contribution >= 0.6 is 0 Å². The number of nitrogens with one attached hydrogen (secondary N) is 2. The summed E-state index contributed by atoms with van der Waals surface area (Å²) in [7, 11) is 0. The van der Waals surface area contributed by atoms with E-state index in [1.807, 2.05) is 56.3 Å². The van der Waals surface area contributed by atoms with Crippen LogP contribution in [0.1, 0.15) is 37.0 Å². The maximum absolute atomic E-state index is 14.0. The molecular weight excluding hydrogens is 614 g/mol. The number of ketones is 1. The number of ether oxygens (including phenoxy) is 2. The van der Waals surface area contributed by atoms with Crippen LogP contribution in [0, 0.1) is 5.92 Å². The molecule has 1 aliphatic heterocycles. The van der Waals surface area contributed by atoms with Crippen molar-refractivity contribution >= 4 is 40.1 Å². The van der Waals surface area contributed by atoms with E-state index in [4.69, 9.17) is 14.3 Å². The number of hydrogen-bond donors (Lipinski definition) is 3. The second-order valence-electron chi connectivity index (χ2n) is 11.9. The predicted octanol–water partition coefficient (Wildman–Crippen LogP) is 4.80. The van der Waals surface area contributed by atoms with E-state index in [2.05, 4.69) is 15.8 Å². The van der Waals surface area contributed by atoms with E-state index >= 15 is 0 Å². The van der Waals surface area contributed by atoms with Gasteiger partial charge >= 0.3 is 5.97 Å². The minimum Gasteiger partial charge on any atom is -0.489 e. The number of carboxylic acids is 1. The molecule has 2 amide bonds. The fourth-order valence-corrected chi connectivity index (χ4v) is 5.41. The van der Waals surface area contributed by atoms with Crippen LogP contribution < -0.4 is 20.1 Å². The van der Waals surface area contributed by atoms with Gasteiger partial charge in [-0.05, 0) is 47.0 Å². The number of oxime groups is 1. The van der Waals surface area contributed by atoms with Gasteiger partial charge in [0, 0.05) is 12.0 Å². The number of amides is 2. The van der Waals surface area contributed by atoms with Crippen molar-refractivity contribution in [2.24, 2.45) is 11.1 Å². The van der Waals surface area contributed by atoms with Crippen LogP contribution in [0.3, 0.4) is 0 Å². The molecule has 0 bridgehead atoms. The van der Waals surface area contributed by atoms with Crippen molar-refractivity contribution < 1.29 is 38.6 Å². The summed E-state index contributed by atoms with van der Waals surface area (Å²) in [5.41, 5.74) is -0.902. The Kier molecular flexibility index (Phi) is 10.7. The van der Waals surface area contributed by atoms with E-state index < -0.39 is 48.4 Å². The zero-order valence-electron chi connectivity index (χ0n) is 26.6. The normalized spacial score (nSPS) is 16.7. The molecular formula is C37H37N3O8. The number of carboxylic acid groups (broad SMARTS) is 1. The maximum Gasteiger partial charge on any atom is 0.305 e. The molecule has 5 rings (SSSR count). The smallest absolute Gasteiger partial charge is 0.305 e. The van der Waals surface area contributed by atoms with Crippen molar-refractivity contribution in [1.82, 2.24) is 10.6 Å². The molecule has 0 aromatic heterocycles. The average molecular weight is 652 g/mol. The van der Waals surface area contributed by atoms with Crippen LogP contribution in [0.2, 0.25) is 0 Å². The Labute approximate surface area is 277 Å². The summed E-state index contributed by atoms with van der Waals surface area (Å²) < 4.78 is 11.5. The number of hydrogen-bond acceptors (Lipinski definition) is 8. The van der Waals surface area contributed by atoms with Gasteiger partial charge in [0.2, 0.25) is 0 Å². The maximum atomic E-state index is 14.0. The molecule has 11 nitrogen and oxygen atoms in total. The molecule has 0 radical (unpaired) electrons. The zero-order valence-corrected chi connectivity index (χ0v) is 26.6. The summed E-state index contributed by atoms with van der Waals surface area (Å²) in [6.45, 7) is 3.04. The van der Waals surface area contributed by atoms with Gasteiger partial charge in [-0.25, -0.2) is 0 Å². The van der Waals surface area contributed by atoms with Crippen molar-refractivity contribution in [3.8, 4) is 11.5 Å². The Morgan fingerprint density at radius 1 is 0.833 bits per heavy atom. The predicted molar refractivity (Wildman–Crippen MR) is 179 cm³/mol. The van der Waals surface area contributed by atoms with Gasteiger partial charge in [-0.2, -0.15) is 0 Å². The molecule has 3 N–H and O–H groups in total. The first-order valence-corrected chi connectivity index (χ1v) is 15.6. The van der Waals surface area contributed by atoms with Gasteiger partial charge in [0.15, 0.2) is 5.78 Å². The largest absolute Gasteiger partial charge is 0.489 e. The summed E-state index contributed by atoms with van der Waals surface area (Å²) in [5.74, 6) is -2.32. The molecule has 248 valence electrons. The van der Waals surface area contributed by atoms with Gasteiger partial charge in [-0.15, -0.1) is 0 Å². The summed E-state index contributed by atoms with van der Waals surface area (Å²) in [4.78, 5) is 58.4. The van der Waals surface area contributed by atoms with Gasteiger partial charge in [0.1, 0.15) is 30.8 Å². The van der Waals surface area contributed by atoms with Gasteiger partial charge in [-0.3, -0.25) is 19.2 Å². The van der Waals surface area contributed by atoms with E-state index in [1.165, 1.54) is 0 Å². The number of benzene rings is 4. The van der Waals surface area contributed by atoms with Crippen molar-refractivity contribution in [3.05, 3.63) is 109 Å². The number of rotatable bonds is 15. The van der Waals surface area contributed by atoms with E-state index in [1.54, 1.807) is 60.7 Å². The minimum atomic E-state index is -1.78. The average Bonchev–Trinajstić information content (AvgIpc) is 3.54. The molecule has 4 aromatic carbocycles. The third-order valence-electron chi connectivity index (χ3n) is 7.98. The highest BCUT2D eigenvalue weighted by molar-refractivity contribution is 6.09. The lowest BCUT2D eigenvalue weighted by Crippen LogP contribution is -2.57. The highest BCUT2D eigenvalue weighted by atomic mass is 16.7. The minimum absolute atomic E-state index is 0.0984. The van der Waals surface area contributed by atoms with Crippen LogP contribution in [0.15, 0.2) is 108 Å². The Morgan fingerprint density at radius 3 is 2.12 bits per heavy atom. The van der Waals surface area contributed by atoms with E-state index in [0.29, 0.717) is 22.8 Å². The third-order valence-corrected chi connectivity index (χ3v) is 7.98. The lowest BCUT2D eigenvalue weighted by Gasteiger charge is -2.28. The Bertz CT molecular complexity index is 1790. The van der Waals surface area contributed by atoms with Crippen LogP contribution in [-0.2, 0) is 19.2 Å². The van der Waals surface area contributed by atoms with Crippen molar-refractivity contribution in [1.29, 1.82) is 0 Å². The molecule has 2 unspecified atom stereocenters.